The topological polar surface area (TPSA) is 283 Å². The van der Waals surface area contributed by atoms with E-state index in [9.17, 15) is 40.7 Å². The summed E-state index contributed by atoms with van der Waals surface area (Å²) in [6.45, 7) is 13.0. The molecule has 6 aromatic rings. The molecule has 0 aromatic carbocycles. The number of hydrogen-bond donors (Lipinski definition) is 7. The van der Waals surface area contributed by atoms with Crippen molar-refractivity contribution < 1.29 is 40.7 Å². The molecule has 4 saturated carbocycles. The van der Waals surface area contributed by atoms with Crippen LogP contribution in [-0.2, 0) is 14.4 Å². The highest BCUT2D eigenvalue weighted by atomic mass is 35.5. The fraction of sp³-hybridized carbons (Fsp3) is 0.613. The summed E-state index contributed by atoms with van der Waals surface area (Å²) in [7, 11) is 1.79. The van der Waals surface area contributed by atoms with Gasteiger partial charge in [-0.15, -0.1) is 0 Å². The van der Waals surface area contributed by atoms with Crippen LogP contribution in [0.4, 0.5) is 55.4 Å². The van der Waals surface area contributed by atoms with Crippen molar-refractivity contribution in [3.8, 4) is 17.8 Å². The van der Waals surface area contributed by atoms with Crippen LogP contribution in [-0.4, -0.2) is 156 Å². The number of aryl methyl sites for hydroxylation is 6. The average Bonchev–Trinajstić information content (AvgIpc) is 1.58. The normalized spacial score (nSPS) is 21.7. The third-order valence-electron chi connectivity index (χ3n) is 17.1. The van der Waals surface area contributed by atoms with Gasteiger partial charge in [0.1, 0.15) is 40.3 Å². The SMILES string of the molecule is Cc1cc(C)n(-c2nc(Cl)cc(NC3CCC(F)(F)CC3)n2)n1.Cc1cc(C)n(-c2nc(NC3CCC(F)(F)CC3)cc(NC3CCCCC3=O)n2)n1.Cc1cc(C)n(-c2nc(NC3CCC(F)(F)CC3)cc(NC3CCCN(C)C3=O)n2)n1.NC1CCCNC1=O. The van der Waals surface area contributed by atoms with Crippen LogP contribution in [0.2, 0.25) is 5.15 Å². The number of piperidine rings is 2. The van der Waals surface area contributed by atoms with Crippen molar-refractivity contribution >= 4 is 58.3 Å². The number of hydrogen-bond acceptors (Lipinski definition) is 18. The highest BCUT2D eigenvalue weighted by molar-refractivity contribution is 6.29. The minimum absolute atomic E-state index is 0.00347. The molecule has 6 aliphatic rings. The van der Waals surface area contributed by atoms with Crippen LogP contribution in [0.1, 0.15) is 163 Å². The van der Waals surface area contributed by atoms with E-state index in [-0.39, 0.29) is 97.5 Å². The summed E-state index contributed by atoms with van der Waals surface area (Å²) in [5.41, 5.74) is 10.6. The summed E-state index contributed by atoms with van der Waals surface area (Å²) in [6.07, 6.45) is 8.40. The van der Waals surface area contributed by atoms with Crippen molar-refractivity contribution in [2.75, 3.05) is 46.7 Å². The number of carbonyl (C=O) groups is 3. The third kappa shape index (κ3) is 19.2. The van der Waals surface area contributed by atoms with E-state index in [1.54, 1.807) is 44.2 Å². The van der Waals surface area contributed by atoms with Gasteiger partial charge in [0.2, 0.25) is 29.6 Å². The van der Waals surface area contributed by atoms with E-state index in [0.29, 0.717) is 91.9 Å². The standard InChI is InChI=1S/C21H29F2N7O.C21H28F2N6O.C15H18ClF2N5.C5H10N2O/c1-13-11-14(2)30(28-13)20-26-17(24-15-6-8-21(22,23)9-7-15)12-18(27-20)25-16-5-4-10-29(3)19(16)31;1-13-11-14(2)29(28-13)20-26-18(24-15-7-9-21(22,23)10-8-15)12-19(27-20)25-16-5-3-4-6-17(16)30;1-9-7-10(2)23(22-9)14-20-12(16)8-13(21-14)19-11-3-5-15(17,18)6-4-11;6-4-2-1-3-7-5(4)8/h11-12,15-16H,4-10H2,1-3H3,(H2,24,25,26,27);11-12,15-16H,3-10H2,1-2H3,(H2,24,25,26,27);7-8,11H,3-6H2,1-2H3,(H,19,20,21);4H,1-3,6H2,(H,7,8). The Morgan fingerprint density at radius 3 is 1.24 bits per heavy atom. The summed E-state index contributed by atoms with van der Waals surface area (Å²) in [4.78, 5) is 64.0. The van der Waals surface area contributed by atoms with Gasteiger partial charge in [0, 0.05) is 118 Å². The number of likely N-dealkylation sites (N-methyl/N-ethyl adjacent to an activating group) is 1. The van der Waals surface area contributed by atoms with Gasteiger partial charge in [0.05, 0.1) is 29.2 Å². The number of alkyl halides is 6. The maximum atomic E-state index is 13.5. The largest absolute Gasteiger partial charge is 0.367 e. The Morgan fingerprint density at radius 1 is 0.489 bits per heavy atom. The zero-order valence-corrected chi connectivity index (χ0v) is 54.0. The molecule has 8 heterocycles. The maximum Gasteiger partial charge on any atom is 0.254 e. The smallest absolute Gasteiger partial charge is 0.254 e. The van der Waals surface area contributed by atoms with Gasteiger partial charge in [-0.05, 0) is 137 Å². The Labute approximate surface area is 536 Å². The van der Waals surface area contributed by atoms with E-state index >= 15 is 0 Å². The molecule has 2 amide bonds. The number of amides is 2. The molecule has 2 aliphatic heterocycles. The van der Waals surface area contributed by atoms with E-state index in [1.807, 2.05) is 59.7 Å². The molecular weight excluding hydrogens is 1220 g/mol. The van der Waals surface area contributed by atoms with Gasteiger partial charge in [-0.2, -0.15) is 45.2 Å². The van der Waals surface area contributed by atoms with E-state index in [4.69, 9.17) is 17.3 Å². The van der Waals surface area contributed by atoms with Gasteiger partial charge < -0.3 is 42.5 Å². The summed E-state index contributed by atoms with van der Waals surface area (Å²) < 4.78 is 85.4. The minimum atomic E-state index is -2.58. The van der Waals surface area contributed by atoms with Gasteiger partial charge >= 0.3 is 0 Å². The van der Waals surface area contributed by atoms with Crippen LogP contribution in [0.25, 0.3) is 17.8 Å². The fourth-order valence-corrected chi connectivity index (χ4v) is 12.2. The molecule has 23 nitrogen and oxygen atoms in total. The van der Waals surface area contributed by atoms with Crippen LogP contribution in [0.3, 0.4) is 0 Å². The predicted octanol–water partition coefficient (Wildman–Crippen LogP) is 10.6. The molecule has 6 fully saturated rings. The average molecular weight is 1310 g/mol. The number of anilines is 5. The number of nitrogens with one attached hydrogen (secondary N) is 6. The Balaban J connectivity index is 0.000000155. The molecule has 2 saturated heterocycles. The molecule has 3 unspecified atom stereocenters. The predicted molar refractivity (Wildman–Crippen MR) is 339 cm³/mol. The molecule has 8 N–H and O–H groups in total. The van der Waals surface area contributed by atoms with Gasteiger partial charge in [-0.1, -0.05) is 18.0 Å². The first-order valence-corrected chi connectivity index (χ1v) is 32.2. The van der Waals surface area contributed by atoms with Gasteiger partial charge in [-0.3, -0.25) is 14.4 Å². The zero-order valence-electron chi connectivity index (χ0n) is 53.2. The molecular formula is C62H85ClF6N20O3. The number of aromatic nitrogens is 12. The molecule has 30 heteroatoms. The Bertz CT molecular complexity index is 3500. The number of carbonyl (C=O) groups excluding carboxylic acids is 3. The van der Waals surface area contributed by atoms with Crippen molar-refractivity contribution in [2.24, 2.45) is 5.73 Å². The second-order valence-electron chi connectivity index (χ2n) is 25.1. The number of likely N-dealkylation sites (tertiary alicyclic amines) is 1. The lowest BCUT2D eigenvalue weighted by atomic mass is 9.92. The monoisotopic (exact) mass is 1310 g/mol. The number of ketones is 1. The number of Topliss-reactive ketones (excluding diaryl/α,β-unsaturated/α-hetero) is 1. The van der Waals surface area contributed by atoms with E-state index < -0.39 is 17.8 Å². The lowest BCUT2D eigenvalue weighted by Gasteiger charge is -2.30. The first-order chi connectivity index (χ1) is 43.6. The van der Waals surface area contributed by atoms with Crippen molar-refractivity contribution in [1.29, 1.82) is 0 Å². The van der Waals surface area contributed by atoms with E-state index in [2.05, 4.69) is 77.1 Å². The number of nitrogens with zero attached hydrogens (tertiary/aromatic N) is 13. The number of rotatable bonds is 13. The van der Waals surface area contributed by atoms with Crippen LogP contribution in [0, 0.1) is 41.5 Å². The van der Waals surface area contributed by atoms with Crippen LogP contribution in [0.15, 0.2) is 36.4 Å². The van der Waals surface area contributed by atoms with E-state index in [0.717, 1.165) is 92.2 Å². The molecule has 0 radical (unpaired) electrons. The first-order valence-electron chi connectivity index (χ1n) is 31.8. The Kier molecular flexibility index (Phi) is 22.3. The molecule has 0 spiro atoms. The number of halogens is 7. The van der Waals surface area contributed by atoms with Crippen molar-refractivity contribution in [3.05, 3.63) is 75.7 Å². The lowest BCUT2D eigenvalue weighted by molar-refractivity contribution is -0.132. The van der Waals surface area contributed by atoms with Gasteiger partial charge in [0.25, 0.3) is 17.8 Å². The fourth-order valence-electron chi connectivity index (χ4n) is 12.1. The zero-order chi connectivity index (χ0) is 66.1. The van der Waals surface area contributed by atoms with Crippen molar-refractivity contribution in [2.45, 2.75) is 224 Å². The minimum Gasteiger partial charge on any atom is -0.367 e. The Morgan fingerprint density at radius 2 is 0.870 bits per heavy atom. The van der Waals surface area contributed by atoms with Gasteiger partial charge in [-0.25, -0.2) is 40.4 Å². The molecule has 0 bridgehead atoms. The molecule has 6 aromatic heterocycles. The summed E-state index contributed by atoms with van der Waals surface area (Å²) in [6, 6.07) is 9.82. The summed E-state index contributed by atoms with van der Waals surface area (Å²) >= 11 is 6.07. The van der Waals surface area contributed by atoms with E-state index in [1.165, 1.54) is 0 Å². The highest BCUT2D eigenvalue weighted by Gasteiger charge is 2.38. The molecule has 12 rings (SSSR count). The van der Waals surface area contributed by atoms with Crippen LogP contribution in [0.5, 0.6) is 0 Å². The highest BCUT2D eigenvalue weighted by Crippen LogP contribution is 2.37. The van der Waals surface area contributed by atoms with Gasteiger partial charge in [0.15, 0.2) is 5.78 Å². The second-order valence-corrected chi connectivity index (χ2v) is 25.5. The molecule has 3 atom stereocenters. The number of nitrogens with two attached hydrogens (primary N) is 1. The maximum absolute atomic E-state index is 13.5. The first kappa shape index (κ1) is 68.7. The lowest BCUT2D eigenvalue weighted by Crippen LogP contribution is -2.45. The third-order valence-corrected chi connectivity index (χ3v) is 17.3. The molecule has 500 valence electrons. The van der Waals surface area contributed by atoms with Crippen molar-refractivity contribution in [3.63, 3.8) is 0 Å². The van der Waals surface area contributed by atoms with Crippen LogP contribution < -0.4 is 37.6 Å². The molecule has 4 aliphatic carbocycles. The van der Waals surface area contributed by atoms with Crippen LogP contribution >= 0.6 is 11.6 Å². The summed E-state index contributed by atoms with van der Waals surface area (Å²) in [5.74, 6) is -3.70. The quantitative estimate of drug-likeness (QED) is 0.0418. The second kappa shape index (κ2) is 29.9. The Hall–Kier alpha value is -7.69. The van der Waals surface area contributed by atoms with Crippen molar-refractivity contribution in [1.82, 2.24) is 69.5 Å². The molecule has 92 heavy (non-hydrogen) atoms. The summed E-state index contributed by atoms with van der Waals surface area (Å²) in [5, 5.41) is 32.5.